The summed E-state index contributed by atoms with van der Waals surface area (Å²) in [6, 6.07) is 0.786. The Kier molecular flexibility index (Phi) is 4.98. The van der Waals surface area contributed by atoms with Crippen LogP contribution in [0, 0.1) is 0 Å². The van der Waals surface area contributed by atoms with Crippen LogP contribution in [0.25, 0.3) is 0 Å². The minimum absolute atomic E-state index is 0.0756. The smallest absolute Gasteiger partial charge is 0.105 e. The number of nitrogens with one attached hydrogen (secondary N) is 2. The summed E-state index contributed by atoms with van der Waals surface area (Å²) in [5.41, 5.74) is -0.704. The molecule has 2 saturated heterocycles. The van der Waals surface area contributed by atoms with Gasteiger partial charge >= 0.3 is 0 Å². The Morgan fingerprint density at radius 2 is 2.33 bits per heavy atom. The Hall–Kier alpha value is -0.200. The lowest BCUT2D eigenvalue weighted by molar-refractivity contribution is -0.0279. The van der Waals surface area contributed by atoms with Gasteiger partial charge in [0.15, 0.2) is 0 Å². The van der Waals surface area contributed by atoms with Crippen LogP contribution in [0.1, 0.15) is 26.7 Å². The summed E-state index contributed by atoms with van der Waals surface area (Å²) in [5, 5.41) is 17.2. The van der Waals surface area contributed by atoms with Gasteiger partial charge in [-0.3, -0.25) is 0 Å². The molecule has 0 amide bonds. The van der Waals surface area contributed by atoms with Gasteiger partial charge in [-0.25, -0.2) is 0 Å². The first-order valence-electron chi connectivity index (χ1n) is 6.99. The molecule has 0 aromatic rings. The van der Waals surface area contributed by atoms with Gasteiger partial charge in [0.2, 0.25) is 0 Å². The zero-order valence-electron chi connectivity index (χ0n) is 11.4. The van der Waals surface area contributed by atoms with Crippen molar-refractivity contribution in [3.8, 4) is 0 Å². The molecule has 2 aliphatic heterocycles. The highest BCUT2D eigenvalue weighted by molar-refractivity contribution is 4.92. The molecule has 0 bridgehead atoms. The van der Waals surface area contributed by atoms with Gasteiger partial charge in [-0.05, 0) is 20.3 Å². The van der Waals surface area contributed by atoms with Crippen molar-refractivity contribution in [1.29, 1.82) is 0 Å². The monoisotopic (exact) mass is 258 g/mol. The van der Waals surface area contributed by atoms with E-state index >= 15 is 0 Å². The first kappa shape index (κ1) is 14.2. The maximum atomic E-state index is 10.4. The Morgan fingerprint density at radius 1 is 1.50 bits per heavy atom. The van der Waals surface area contributed by atoms with Crippen molar-refractivity contribution in [1.82, 2.24) is 10.6 Å². The van der Waals surface area contributed by atoms with E-state index in [9.17, 15) is 5.11 Å². The molecule has 0 radical (unpaired) electrons. The largest absolute Gasteiger partial charge is 0.386 e. The summed E-state index contributed by atoms with van der Waals surface area (Å²) in [4.78, 5) is 0. The third kappa shape index (κ3) is 3.65. The van der Waals surface area contributed by atoms with Gasteiger partial charge in [-0.15, -0.1) is 0 Å². The molecule has 3 N–H and O–H groups in total. The van der Waals surface area contributed by atoms with Gasteiger partial charge in [-0.1, -0.05) is 0 Å². The SMILES string of the molecule is CC(CC1COCCN1)NCC1(O)CCOC1C. The lowest BCUT2D eigenvalue weighted by atomic mass is 9.96. The van der Waals surface area contributed by atoms with E-state index in [1.54, 1.807) is 0 Å². The van der Waals surface area contributed by atoms with Crippen LogP contribution in [0.2, 0.25) is 0 Å². The molecule has 4 atom stereocenters. The van der Waals surface area contributed by atoms with Gasteiger partial charge < -0.3 is 25.2 Å². The second-order valence-electron chi connectivity index (χ2n) is 5.61. The van der Waals surface area contributed by atoms with Crippen LogP contribution in [0.4, 0.5) is 0 Å². The molecule has 106 valence electrons. The zero-order valence-corrected chi connectivity index (χ0v) is 11.4. The molecule has 0 aliphatic carbocycles. The van der Waals surface area contributed by atoms with E-state index in [4.69, 9.17) is 9.47 Å². The highest BCUT2D eigenvalue weighted by Gasteiger charge is 2.39. The van der Waals surface area contributed by atoms with E-state index in [1.165, 1.54) is 0 Å². The van der Waals surface area contributed by atoms with Crippen LogP contribution in [0.5, 0.6) is 0 Å². The van der Waals surface area contributed by atoms with Gasteiger partial charge in [0.25, 0.3) is 0 Å². The molecule has 0 saturated carbocycles. The van der Waals surface area contributed by atoms with Crippen LogP contribution in [0.3, 0.4) is 0 Å². The molecule has 5 heteroatoms. The first-order valence-corrected chi connectivity index (χ1v) is 6.99. The van der Waals surface area contributed by atoms with Crippen LogP contribution in [-0.2, 0) is 9.47 Å². The molecule has 4 unspecified atom stereocenters. The average Bonchev–Trinajstić information content (AvgIpc) is 2.69. The van der Waals surface area contributed by atoms with E-state index < -0.39 is 5.60 Å². The minimum atomic E-state index is -0.704. The van der Waals surface area contributed by atoms with E-state index in [-0.39, 0.29) is 6.10 Å². The Balaban J connectivity index is 1.69. The van der Waals surface area contributed by atoms with Gasteiger partial charge in [0.1, 0.15) is 5.60 Å². The number of ether oxygens (including phenoxy) is 2. The Bertz CT molecular complexity index is 259. The second-order valence-corrected chi connectivity index (χ2v) is 5.61. The number of rotatable bonds is 5. The predicted octanol–water partition coefficient (Wildman–Crippen LogP) is -0.117. The molecule has 0 aromatic carbocycles. The fraction of sp³-hybridized carbons (Fsp3) is 1.00. The van der Waals surface area contributed by atoms with E-state index in [0.717, 1.165) is 32.6 Å². The lowest BCUT2D eigenvalue weighted by Gasteiger charge is -2.30. The third-order valence-corrected chi connectivity index (χ3v) is 4.05. The fourth-order valence-corrected chi connectivity index (χ4v) is 2.64. The zero-order chi connectivity index (χ0) is 13.0. The van der Waals surface area contributed by atoms with Crippen molar-refractivity contribution >= 4 is 0 Å². The molecule has 2 rings (SSSR count). The number of morpholine rings is 1. The second kappa shape index (κ2) is 6.30. The Morgan fingerprint density at radius 3 is 2.94 bits per heavy atom. The van der Waals surface area contributed by atoms with Crippen LogP contribution >= 0.6 is 0 Å². The third-order valence-electron chi connectivity index (χ3n) is 4.05. The maximum absolute atomic E-state index is 10.4. The predicted molar refractivity (Wildman–Crippen MR) is 69.7 cm³/mol. The number of hydrogen-bond acceptors (Lipinski definition) is 5. The maximum Gasteiger partial charge on any atom is 0.105 e. The van der Waals surface area contributed by atoms with Gasteiger partial charge in [0.05, 0.1) is 19.3 Å². The van der Waals surface area contributed by atoms with Crippen molar-refractivity contribution < 1.29 is 14.6 Å². The number of hydrogen-bond donors (Lipinski definition) is 3. The summed E-state index contributed by atoms with van der Waals surface area (Å²) < 4.78 is 10.9. The van der Waals surface area contributed by atoms with Crippen LogP contribution in [0.15, 0.2) is 0 Å². The molecule has 0 aromatic heterocycles. The highest BCUT2D eigenvalue weighted by atomic mass is 16.5. The van der Waals surface area contributed by atoms with Gasteiger partial charge in [-0.2, -0.15) is 0 Å². The summed E-state index contributed by atoms with van der Waals surface area (Å²) in [7, 11) is 0. The van der Waals surface area contributed by atoms with Crippen molar-refractivity contribution in [3.63, 3.8) is 0 Å². The Labute approximate surface area is 109 Å². The molecule has 2 aliphatic rings. The van der Waals surface area contributed by atoms with Crippen molar-refractivity contribution in [2.24, 2.45) is 0 Å². The standard InChI is InChI=1S/C13H26N2O3/c1-10(7-12-8-17-6-4-14-12)15-9-13(16)3-5-18-11(13)2/h10-12,14-16H,3-9H2,1-2H3. The summed E-state index contributed by atoms with van der Waals surface area (Å²) >= 11 is 0. The first-order chi connectivity index (χ1) is 8.60. The molecule has 2 fully saturated rings. The minimum Gasteiger partial charge on any atom is -0.386 e. The summed E-state index contributed by atoms with van der Waals surface area (Å²) in [6.45, 7) is 7.89. The van der Waals surface area contributed by atoms with E-state index in [0.29, 0.717) is 25.2 Å². The van der Waals surface area contributed by atoms with Crippen LogP contribution in [-0.4, -0.2) is 61.8 Å². The highest BCUT2D eigenvalue weighted by Crippen LogP contribution is 2.24. The van der Waals surface area contributed by atoms with Gasteiger partial charge in [0, 0.05) is 38.2 Å². The van der Waals surface area contributed by atoms with Crippen LogP contribution < -0.4 is 10.6 Å². The van der Waals surface area contributed by atoms with Crippen molar-refractivity contribution in [2.45, 2.75) is 50.5 Å². The summed E-state index contributed by atoms with van der Waals surface area (Å²) in [6.07, 6.45) is 1.66. The number of aliphatic hydroxyl groups is 1. The van der Waals surface area contributed by atoms with E-state index in [1.807, 2.05) is 6.92 Å². The molecule has 18 heavy (non-hydrogen) atoms. The normalized spacial score (nSPS) is 38.8. The molecule has 2 heterocycles. The molecular formula is C13H26N2O3. The molecular weight excluding hydrogens is 232 g/mol. The topological polar surface area (TPSA) is 62.8 Å². The molecule has 5 nitrogen and oxygen atoms in total. The quantitative estimate of drug-likeness (QED) is 0.642. The molecule has 0 spiro atoms. The van der Waals surface area contributed by atoms with Crippen molar-refractivity contribution in [2.75, 3.05) is 32.9 Å². The van der Waals surface area contributed by atoms with E-state index in [2.05, 4.69) is 17.6 Å². The summed E-state index contributed by atoms with van der Waals surface area (Å²) in [5.74, 6) is 0. The lowest BCUT2D eigenvalue weighted by Crippen LogP contribution is -2.50. The fourth-order valence-electron chi connectivity index (χ4n) is 2.64. The average molecular weight is 258 g/mol. The van der Waals surface area contributed by atoms with Crippen molar-refractivity contribution in [3.05, 3.63) is 0 Å².